The van der Waals surface area contributed by atoms with Gasteiger partial charge in [0.25, 0.3) is 0 Å². The molecule has 2 heterocycles. The first kappa shape index (κ1) is 10.3. The average molecular weight is 240 g/mol. The summed E-state index contributed by atoms with van der Waals surface area (Å²) < 4.78 is 5.75. The van der Waals surface area contributed by atoms with Crippen LogP contribution in [0.25, 0.3) is 0 Å². The van der Waals surface area contributed by atoms with Crippen molar-refractivity contribution >= 4 is 17.4 Å². The highest BCUT2D eigenvalue weighted by Gasteiger charge is 2.40. The smallest absolute Gasteiger partial charge is 0.224 e. The Balaban J connectivity index is 1.69. The van der Waals surface area contributed by atoms with Crippen molar-refractivity contribution in [3.8, 4) is 0 Å². The van der Waals surface area contributed by atoms with E-state index in [1.54, 1.807) is 6.20 Å². The standard InChI is InChI=1S/C11H14ClN3O/c12-11-13-5-3-9(15-11)14-8-4-6-16-10(8)7-1-2-7/h3,5,7-8,10H,1-2,4,6H2,(H,13,14,15). The van der Waals surface area contributed by atoms with E-state index in [1.807, 2.05) is 6.07 Å². The van der Waals surface area contributed by atoms with Gasteiger partial charge in [-0.15, -0.1) is 0 Å². The molecule has 0 spiro atoms. The zero-order valence-electron chi connectivity index (χ0n) is 8.90. The minimum absolute atomic E-state index is 0.284. The van der Waals surface area contributed by atoms with Crippen LogP contribution in [0.1, 0.15) is 19.3 Å². The zero-order chi connectivity index (χ0) is 11.0. The summed E-state index contributed by atoms with van der Waals surface area (Å²) in [5.41, 5.74) is 0. The van der Waals surface area contributed by atoms with Gasteiger partial charge in [0.2, 0.25) is 5.28 Å². The van der Waals surface area contributed by atoms with Crippen molar-refractivity contribution in [1.82, 2.24) is 9.97 Å². The zero-order valence-corrected chi connectivity index (χ0v) is 9.65. The molecule has 1 saturated heterocycles. The van der Waals surface area contributed by atoms with E-state index in [-0.39, 0.29) is 5.28 Å². The fraction of sp³-hybridized carbons (Fsp3) is 0.636. The molecule has 3 rings (SSSR count). The molecule has 2 aliphatic rings. The first-order valence-corrected chi connectivity index (χ1v) is 6.07. The summed E-state index contributed by atoms with van der Waals surface area (Å²) in [6.45, 7) is 0.845. The average Bonchev–Trinajstić information content (AvgIpc) is 3.00. The lowest BCUT2D eigenvalue weighted by atomic mass is 10.1. The number of nitrogens with one attached hydrogen (secondary N) is 1. The van der Waals surface area contributed by atoms with Crippen LogP contribution < -0.4 is 5.32 Å². The maximum Gasteiger partial charge on any atom is 0.224 e. The van der Waals surface area contributed by atoms with Crippen LogP contribution in [0.15, 0.2) is 12.3 Å². The van der Waals surface area contributed by atoms with E-state index in [9.17, 15) is 0 Å². The van der Waals surface area contributed by atoms with Crippen LogP contribution in [-0.4, -0.2) is 28.7 Å². The molecule has 1 saturated carbocycles. The van der Waals surface area contributed by atoms with Crippen LogP contribution in [-0.2, 0) is 4.74 Å². The predicted octanol–water partition coefficient (Wildman–Crippen LogP) is 2.11. The van der Waals surface area contributed by atoms with Crippen LogP contribution in [0.2, 0.25) is 5.28 Å². The van der Waals surface area contributed by atoms with Gasteiger partial charge in [0, 0.05) is 12.8 Å². The van der Waals surface area contributed by atoms with Crippen LogP contribution in [0.4, 0.5) is 5.82 Å². The number of rotatable bonds is 3. The Morgan fingerprint density at radius 1 is 1.38 bits per heavy atom. The molecule has 1 aromatic rings. The molecule has 0 bridgehead atoms. The molecule has 86 valence electrons. The molecule has 5 heteroatoms. The minimum atomic E-state index is 0.284. The van der Waals surface area contributed by atoms with Crippen LogP contribution in [0, 0.1) is 5.92 Å². The van der Waals surface area contributed by atoms with Gasteiger partial charge in [-0.25, -0.2) is 9.97 Å². The van der Waals surface area contributed by atoms with Gasteiger partial charge < -0.3 is 10.1 Å². The van der Waals surface area contributed by atoms with Crippen molar-refractivity contribution < 1.29 is 4.74 Å². The second kappa shape index (κ2) is 4.18. The van der Waals surface area contributed by atoms with E-state index in [0.717, 1.165) is 24.8 Å². The second-order valence-corrected chi connectivity index (χ2v) is 4.76. The normalized spacial score (nSPS) is 29.3. The summed E-state index contributed by atoms with van der Waals surface area (Å²) in [6, 6.07) is 2.22. The van der Waals surface area contributed by atoms with E-state index in [2.05, 4.69) is 15.3 Å². The molecule has 4 nitrogen and oxygen atoms in total. The Hall–Kier alpha value is -0.870. The molecule has 2 unspecified atom stereocenters. The van der Waals surface area contributed by atoms with Gasteiger partial charge in [-0.1, -0.05) is 0 Å². The summed E-state index contributed by atoms with van der Waals surface area (Å²) in [5, 5.41) is 3.68. The summed E-state index contributed by atoms with van der Waals surface area (Å²) in [6.07, 6.45) is 5.66. The molecule has 1 aliphatic heterocycles. The van der Waals surface area contributed by atoms with Gasteiger partial charge in [0.1, 0.15) is 5.82 Å². The Labute approximate surface area is 99.4 Å². The van der Waals surface area contributed by atoms with Gasteiger partial charge in [-0.3, -0.25) is 0 Å². The number of nitrogens with zero attached hydrogens (tertiary/aromatic N) is 2. The summed E-state index contributed by atoms with van der Waals surface area (Å²) in [7, 11) is 0. The van der Waals surface area contributed by atoms with Crippen molar-refractivity contribution in [2.45, 2.75) is 31.4 Å². The van der Waals surface area contributed by atoms with E-state index < -0.39 is 0 Å². The largest absolute Gasteiger partial charge is 0.376 e. The minimum Gasteiger partial charge on any atom is -0.376 e. The molecule has 1 N–H and O–H groups in total. The third-order valence-corrected chi connectivity index (χ3v) is 3.36. The fourth-order valence-electron chi connectivity index (χ4n) is 2.26. The van der Waals surface area contributed by atoms with Crippen molar-refractivity contribution in [2.24, 2.45) is 5.92 Å². The number of hydrogen-bond acceptors (Lipinski definition) is 4. The molecule has 0 radical (unpaired) electrons. The van der Waals surface area contributed by atoms with Crippen molar-refractivity contribution in [1.29, 1.82) is 0 Å². The first-order chi connectivity index (χ1) is 7.83. The lowest BCUT2D eigenvalue weighted by Gasteiger charge is -2.19. The highest BCUT2D eigenvalue weighted by molar-refractivity contribution is 6.28. The van der Waals surface area contributed by atoms with Gasteiger partial charge >= 0.3 is 0 Å². The molecule has 0 aromatic carbocycles. The Kier molecular flexibility index (Phi) is 2.69. The topological polar surface area (TPSA) is 47.0 Å². The fourth-order valence-corrected chi connectivity index (χ4v) is 2.41. The molecule has 16 heavy (non-hydrogen) atoms. The van der Waals surface area contributed by atoms with Crippen molar-refractivity contribution in [3.05, 3.63) is 17.5 Å². The maximum absolute atomic E-state index is 5.75. The molecular formula is C11H14ClN3O. The predicted molar refractivity (Wildman–Crippen MR) is 61.5 cm³/mol. The Morgan fingerprint density at radius 2 is 2.25 bits per heavy atom. The molecule has 1 aromatic heterocycles. The number of hydrogen-bond donors (Lipinski definition) is 1. The number of ether oxygens (including phenoxy) is 1. The van der Waals surface area contributed by atoms with Crippen LogP contribution in [0.5, 0.6) is 0 Å². The maximum atomic E-state index is 5.75. The third kappa shape index (κ3) is 2.13. The Bertz CT molecular complexity index is 383. The monoisotopic (exact) mass is 239 g/mol. The first-order valence-electron chi connectivity index (χ1n) is 5.69. The SMILES string of the molecule is Clc1nccc(NC2CCOC2C2CC2)n1. The summed E-state index contributed by atoms with van der Waals surface area (Å²) in [5.74, 6) is 1.54. The van der Waals surface area contributed by atoms with Crippen molar-refractivity contribution in [2.75, 3.05) is 11.9 Å². The van der Waals surface area contributed by atoms with Gasteiger partial charge in [0.05, 0.1) is 12.1 Å². The molecule has 0 amide bonds. The van der Waals surface area contributed by atoms with Crippen molar-refractivity contribution in [3.63, 3.8) is 0 Å². The number of anilines is 1. The molecule has 2 atom stereocenters. The lowest BCUT2D eigenvalue weighted by Crippen LogP contribution is -2.31. The number of aromatic nitrogens is 2. The van der Waals surface area contributed by atoms with Gasteiger partial charge in [0.15, 0.2) is 0 Å². The highest BCUT2D eigenvalue weighted by Crippen LogP contribution is 2.39. The summed E-state index contributed by atoms with van der Waals surface area (Å²) >= 11 is 5.75. The van der Waals surface area contributed by atoms with E-state index in [0.29, 0.717) is 12.1 Å². The van der Waals surface area contributed by atoms with Gasteiger partial charge in [-0.2, -0.15) is 0 Å². The number of halogens is 1. The van der Waals surface area contributed by atoms with E-state index >= 15 is 0 Å². The molecule has 1 aliphatic carbocycles. The van der Waals surface area contributed by atoms with E-state index in [4.69, 9.17) is 16.3 Å². The molecule has 2 fully saturated rings. The lowest BCUT2D eigenvalue weighted by molar-refractivity contribution is 0.0898. The van der Waals surface area contributed by atoms with E-state index in [1.165, 1.54) is 12.8 Å². The van der Waals surface area contributed by atoms with Crippen LogP contribution in [0.3, 0.4) is 0 Å². The quantitative estimate of drug-likeness (QED) is 0.821. The highest BCUT2D eigenvalue weighted by atomic mass is 35.5. The third-order valence-electron chi connectivity index (χ3n) is 3.18. The summed E-state index contributed by atoms with van der Waals surface area (Å²) in [4.78, 5) is 8.00. The van der Waals surface area contributed by atoms with Gasteiger partial charge in [-0.05, 0) is 42.8 Å². The second-order valence-electron chi connectivity index (χ2n) is 4.42. The molecular weight excluding hydrogens is 226 g/mol. The Morgan fingerprint density at radius 3 is 3.00 bits per heavy atom. The van der Waals surface area contributed by atoms with Crippen LogP contribution >= 0.6 is 11.6 Å².